The van der Waals surface area contributed by atoms with Crippen molar-refractivity contribution in [2.24, 2.45) is 0 Å². The minimum absolute atomic E-state index is 0.119. The molecular weight excluding hydrogens is 408 g/mol. The molecule has 3 rings (SSSR count). The van der Waals surface area contributed by atoms with Crippen molar-refractivity contribution in [3.63, 3.8) is 0 Å². The quantitative estimate of drug-likeness (QED) is 0.657. The molecule has 0 bridgehead atoms. The molecule has 2 N–H and O–H groups in total. The summed E-state index contributed by atoms with van der Waals surface area (Å²) in [5.74, 6) is 0.297. The summed E-state index contributed by atoms with van der Waals surface area (Å²) in [5.41, 5.74) is 1.98. The van der Waals surface area contributed by atoms with Crippen LogP contribution in [0.2, 0.25) is 0 Å². The summed E-state index contributed by atoms with van der Waals surface area (Å²) in [6.07, 6.45) is 1.04. The number of nitrogens with one attached hydrogen (secondary N) is 2. The molecule has 2 amide bonds. The summed E-state index contributed by atoms with van der Waals surface area (Å²) < 4.78 is 10.6. The Morgan fingerprint density at radius 2 is 1.84 bits per heavy atom. The highest BCUT2D eigenvalue weighted by molar-refractivity contribution is 5.95. The van der Waals surface area contributed by atoms with Crippen LogP contribution in [0.4, 0.5) is 4.79 Å². The van der Waals surface area contributed by atoms with Gasteiger partial charge in [-0.3, -0.25) is 9.80 Å². The first-order chi connectivity index (χ1) is 15.2. The maximum Gasteiger partial charge on any atom is 0.338 e. The van der Waals surface area contributed by atoms with Crippen LogP contribution in [0.15, 0.2) is 35.5 Å². The lowest BCUT2D eigenvalue weighted by Gasteiger charge is -2.35. The molecule has 1 fully saturated rings. The van der Waals surface area contributed by atoms with Gasteiger partial charge in [-0.25, -0.2) is 9.59 Å². The maximum absolute atomic E-state index is 13.0. The number of hydrogen-bond acceptors (Lipinski definition) is 6. The molecule has 176 valence electrons. The predicted octanol–water partition coefficient (Wildman–Crippen LogP) is 2.67. The van der Waals surface area contributed by atoms with Gasteiger partial charge in [0.25, 0.3) is 0 Å². The van der Waals surface area contributed by atoms with Crippen molar-refractivity contribution in [2.75, 3.05) is 46.4 Å². The van der Waals surface area contributed by atoms with Crippen molar-refractivity contribution in [3.8, 4) is 5.75 Å². The number of urea groups is 1. The summed E-state index contributed by atoms with van der Waals surface area (Å²) in [5, 5.41) is 5.78. The zero-order valence-corrected chi connectivity index (χ0v) is 19.9. The summed E-state index contributed by atoms with van der Waals surface area (Å²) >= 11 is 0. The maximum atomic E-state index is 13.0. The zero-order valence-electron chi connectivity index (χ0n) is 19.9. The fraction of sp³-hybridized carbons (Fsp3) is 0.583. The second kappa shape index (κ2) is 10.4. The monoisotopic (exact) mass is 444 g/mol. The summed E-state index contributed by atoms with van der Waals surface area (Å²) in [6.45, 7) is 13.0. The van der Waals surface area contributed by atoms with Gasteiger partial charge in [-0.15, -0.1) is 0 Å². The normalized spacial score (nSPS) is 20.9. The lowest BCUT2D eigenvalue weighted by Crippen LogP contribution is -2.49. The Bertz CT molecular complexity index is 845. The van der Waals surface area contributed by atoms with Crippen LogP contribution in [0, 0.1) is 0 Å². The van der Waals surface area contributed by atoms with Gasteiger partial charge >= 0.3 is 12.0 Å². The van der Waals surface area contributed by atoms with E-state index in [-0.39, 0.29) is 18.2 Å². The van der Waals surface area contributed by atoms with Crippen molar-refractivity contribution >= 4 is 12.0 Å². The smallest absolute Gasteiger partial charge is 0.338 e. The van der Waals surface area contributed by atoms with Crippen molar-refractivity contribution in [2.45, 2.75) is 45.7 Å². The third-order valence-corrected chi connectivity index (χ3v) is 6.02. The number of carbonyl (C=O) groups excluding carboxylic acids is 2. The van der Waals surface area contributed by atoms with Crippen LogP contribution in [-0.2, 0) is 9.53 Å². The number of methoxy groups -OCH3 is 1. The van der Waals surface area contributed by atoms with Crippen molar-refractivity contribution in [3.05, 3.63) is 41.1 Å². The number of carbonyl (C=O) groups is 2. The van der Waals surface area contributed by atoms with Gasteiger partial charge in [0.05, 0.1) is 25.3 Å². The molecule has 1 aromatic carbocycles. The van der Waals surface area contributed by atoms with Crippen LogP contribution in [-0.4, -0.2) is 73.8 Å². The fourth-order valence-corrected chi connectivity index (χ4v) is 4.26. The Labute approximate surface area is 190 Å². The van der Waals surface area contributed by atoms with Crippen LogP contribution >= 0.6 is 0 Å². The lowest BCUT2D eigenvalue weighted by molar-refractivity contribution is -0.139. The van der Waals surface area contributed by atoms with Crippen LogP contribution < -0.4 is 15.4 Å². The molecule has 1 unspecified atom stereocenters. The molecule has 0 aromatic heterocycles. The second-order valence-corrected chi connectivity index (χ2v) is 9.20. The number of hydrogen-bond donors (Lipinski definition) is 2. The summed E-state index contributed by atoms with van der Waals surface area (Å²) in [6, 6.07) is 6.46. The Hall–Kier alpha value is -2.58. The number of amides is 2. The molecule has 1 atom stereocenters. The molecule has 2 aliphatic rings. The average Bonchev–Trinajstić information content (AvgIpc) is 2.99. The largest absolute Gasteiger partial charge is 0.497 e. The van der Waals surface area contributed by atoms with Crippen molar-refractivity contribution < 1.29 is 19.1 Å². The van der Waals surface area contributed by atoms with Crippen LogP contribution in [0.1, 0.15) is 45.7 Å². The highest BCUT2D eigenvalue weighted by atomic mass is 16.5. The molecule has 2 aliphatic heterocycles. The number of esters is 1. The van der Waals surface area contributed by atoms with Crippen LogP contribution in [0.5, 0.6) is 5.75 Å². The predicted molar refractivity (Wildman–Crippen MR) is 123 cm³/mol. The minimum Gasteiger partial charge on any atom is -0.497 e. The van der Waals surface area contributed by atoms with E-state index in [2.05, 4.69) is 41.2 Å². The van der Waals surface area contributed by atoms with Gasteiger partial charge in [-0.1, -0.05) is 12.1 Å². The fourth-order valence-electron chi connectivity index (χ4n) is 4.26. The molecule has 1 saturated heterocycles. The molecule has 32 heavy (non-hydrogen) atoms. The summed E-state index contributed by atoms with van der Waals surface area (Å²) in [4.78, 5) is 30.3. The van der Waals surface area contributed by atoms with Gasteiger partial charge in [0.15, 0.2) is 0 Å². The lowest BCUT2D eigenvalue weighted by atomic mass is 9.95. The van der Waals surface area contributed by atoms with Gasteiger partial charge in [0.1, 0.15) is 5.75 Å². The Morgan fingerprint density at radius 1 is 1.12 bits per heavy atom. The standard InChI is InChI=1S/C24H36N4O4/c1-6-32-22(29)20-19(16-27-12-7-13-28(15-14-27)24(2,3)4)25-23(30)26-21(20)17-8-10-18(31-5)11-9-17/h8-11,21H,6-7,12-16H2,1-5H3,(H2,25,26,30). The van der Waals surface area contributed by atoms with E-state index >= 15 is 0 Å². The van der Waals surface area contributed by atoms with E-state index < -0.39 is 12.0 Å². The number of ether oxygens (including phenoxy) is 2. The highest BCUT2D eigenvalue weighted by Gasteiger charge is 2.35. The first kappa shape index (κ1) is 24.1. The third kappa shape index (κ3) is 5.81. The van der Waals surface area contributed by atoms with Crippen LogP contribution in [0.25, 0.3) is 0 Å². The van der Waals surface area contributed by atoms with E-state index in [0.29, 0.717) is 23.6 Å². The zero-order chi connectivity index (χ0) is 23.3. The highest BCUT2D eigenvalue weighted by Crippen LogP contribution is 2.29. The Morgan fingerprint density at radius 3 is 2.47 bits per heavy atom. The first-order valence-corrected chi connectivity index (χ1v) is 11.3. The van der Waals surface area contributed by atoms with Gasteiger partial charge in [0, 0.05) is 30.9 Å². The van der Waals surface area contributed by atoms with E-state index in [1.54, 1.807) is 14.0 Å². The van der Waals surface area contributed by atoms with Gasteiger partial charge in [-0.05, 0) is 64.9 Å². The molecule has 0 saturated carbocycles. The van der Waals surface area contributed by atoms with E-state index in [4.69, 9.17) is 9.47 Å². The average molecular weight is 445 g/mol. The molecule has 0 aliphatic carbocycles. The number of rotatable bonds is 6. The Balaban J connectivity index is 1.89. The minimum atomic E-state index is -0.582. The summed E-state index contributed by atoms with van der Waals surface area (Å²) in [7, 11) is 1.60. The number of nitrogens with zero attached hydrogens (tertiary/aromatic N) is 2. The van der Waals surface area contributed by atoms with E-state index in [0.717, 1.165) is 38.2 Å². The third-order valence-electron chi connectivity index (χ3n) is 6.02. The van der Waals surface area contributed by atoms with Gasteiger partial charge in [-0.2, -0.15) is 0 Å². The van der Waals surface area contributed by atoms with Crippen molar-refractivity contribution in [1.82, 2.24) is 20.4 Å². The molecule has 0 spiro atoms. The van der Waals surface area contributed by atoms with E-state index in [1.165, 1.54) is 0 Å². The first-order valence-electron chi connectivity index (χ1n) is 11.3. The second-order valence-electron chi connectivity index (χ2n) is 9.20. The molecule has 2 heterocycles. The SMILES string of the molecule is CCOC(=O)C1=C(CN2CCCN(C(C)(C)C)CC2)NC(=O)NC1c1ccc(OC)cc1. The van der Waals surface area contributed by atoms with Gasteiger partial charge < -0.3 is 20.1 Å². The molecule has 0 radical (unpaired) electrons. The molecule has 8 nitrogen and oxygen atoms in total. The molecular formula is C24H36N4O4. The van der Waals surface area contributed by atoms with Crippen LogP contribution in [0.3, 0.4) is 0 Å². The molecule has 8 heteroatoms. The van der Waals surface area contributed by atoms with Crippen molar-refractivity contribution in [1.29, 1.82) is 0 Å². The number of benzene rings is 1. The molecule has 1 aromatic rings. The Kier molecular flexibility index (Phi) is 7.79. The van der Waals surface area contributed by atoms with E-state index in [1.807, 2.05) is 24.3 Å². The van der Waals surface area contributed by atoms with Gasteiger partial charge in [0.2, 0.25) is 0 Å². The van der Waals surface area contributed by atoms with E-state index in [9.17, 15) is 9.59 Å². The topological polar surface area (TPSA) is 83.1 Å².